The molecule has 2 amide bonds. The molecule has 2 heterocycles. The minimum Gasteiger partial charge on any atom is -0.274 e. The van der Waals surface area contributed by atoms with Crippen LogP contribution in [0, 0.1) is 0 Å². The number of fused-ring (bicyclic) bond motifs is 1. The Kier molecular flexibility index (Phi) is 4.23. The van der Waals surface area contributed by atoms with Crippen LogP contribution < -0.4 is 0 Å². The Balaban J connectivity index is 1.52. The van der Waals surface area contributed by atoms with E-state index in [2.05, 4.69) is 20.9 Å². The molecule has 124 valence electrons. The van der Waals surface area contributed by atoms with Gasteiger partial charge in [0.15, 0.2) is 0 Å². The molecule has 2 aromatic carbocycles. The summed E-state index contributed by atoms with van der Waals surface area (Å²) < 4.78 is 0.955. The summed E-state index contributed by atoms with van der Waals surface area (Å²) in [5, 5.41) is 0.891. The number of halogens is 1. The van der Waals surface area contributed by atoms with Crippen molar-refractivity contribution in [1.82, 2.24) is 9.88 Å². The molecule has 25 heavy (non-hydrogen) atoms. The van der Waals surface area contributed by atoms with Gasteiger partial charge in [-0.3, -0.25) is 14.5 Å². The Labute approximate surface area is 157 Å². The van der Waals surface area contributed by atoms with Crippen LogP contribution in [0.2, 0.25) is 0 Å². The highest BCUT2D eigenvalue weighted by molar-refractivity contribution is 9.11. The maximum atomic E-state index is 12.4. The van der Waals surface area contributed by atoms with Crippen molar-refractivity contribution in [2.75, 3.05) is 6.54 Å². The third-order valence-corrected chi connectivity index (χ3v) is 5.87. The molecule has 0 unspecified atom stereocenters. The highest BCUT2D eigenvalue weighted by atomic mass is 79.9. The molecule has 6 heteroatoms. The summed E-state index contributed by atoms with van der Waals surface area (Å²) in [5.74, 6) is -0.445. The molecule has 4 rings (SSSR count). The third-order valence-electron chi connectivity index (χ3n) is 4.10. The Hall–Kier alpha value is -2.31. The average Bonchev–Trinajstić information content (AvgIpc) is 3.13. The predicted octanol–water partition coefficient (Wildman–Crippen LogP) is 4.41. The van der Waals surface area contributed by atoms with Gasteiger partial charge in [0.05, 0.1) is 25.6 Å². The van der Waals surface area contributed by atoms with Crippen molar-refractivity contribution in [2.45, 2.75) is 6.42 Å². The van der Waals surface area contributed by atoms with E-state index in [1.807, 2.05) is 30.3 Å². The third kappa shape index (κ3) is 2.92. The molecular weight excluding hydrogens is 400 g/mol. The lowest BCUT2D eigenvalue weighted by atomic mass is 10.1. The van der Waals surface area contributed by atoms with E-state index >= 15 is 0 Å². The van der Waals surface area contributed by atoms with Gasteiger partial charge in [0.2, 0.25) is 0 Å². The van der Waals surface area contributed by atoms with Gasteiger partial charge in [0, 0.05) is 18.5 Å². The van der Waals surface area contributed by atoms with Crippen LogP contribution in [0.3, 0.4) is 0 Å². The molecule has 0 saturated heterocycles. The van der Waals surface area contributed by atoms with Crippen molar-refractivity contribution in [3.05, 3.63) is 74.5 Å². The van der Waals surface area contributed by atoms with Crippen LogP contribution in [-0.4, -0.2) is 28.2 Å². The first kappa shape index (κ1) is 16.2. The van der Waals surface area contributed by atoms with E-state index in [1.54, 1.807) is 24.3 Å². The van der Waals surface area contributed by atoms with E-state index in [9.17, 15) is 9.59 Å². The minimum absolute atomic E-state index is 0.223. The van der Waals surface area contributed by atoms with E-state index in [0.717, 1.165) is 20.1 Å². The molecule has 0 aliphatic carbocycles. The SMILES string of the molecule is O=C1c2ccccc2C(=O)N1CCc1nc(-c2ccccc2)c(Br)s1. The molecule has 0 fully saturated rings. The fourth-order valence-electron chi connectivity index (χ4n) is 2.87. The summed E-state index contributed by atoms with van der Waals surface area (Å²) in [6.45, 7) is 0.334. The summed E-state index contributed by atoms with van der Waals surface area (Å²) >= 11 is 5.10. The first-order valence-electron chi connectivity index (χ1n) is 7.81. The van der Waals surface area contributed by atoms with E-state index in [0.29, 0.717) is 24.1 Å². The number of carbonyl (C=O) groups is 2. The van der Waals surface area contributed by atoms with Gasteiger partial charge in [-0.05, 0) is 28.1 Å². The monoisotopic (exact) mass is 412 g/mol. The van der Waals surface area contributed by atoms with Crippen molar-refractivity contribution in [3.63, 3.8) is 0 Å². The molecular formula is C19H13BrN2O2S. The van der Waals surface area contributed by atoms with Crippen LogP contribution in [0.15, 0.2) is 58.4 Å². The number of imide groups is 1. The largest absolute Gasteiger partial charge is 0.274 e. The zero-order valence-corrected chi connectivity index (χ0v) is 15.5. The maximum Gasteiger partial charge on any atom is 0.261 e. The van der Waals surface area contributed by atoms with Gasteiger partial charge in [-0.25, -0.2) is 4.98 Å². The number of rotatable bonds is 4. The van der Waals surface area contributed by atoms with Gasteiger partial charge >= 0.3 is 0 Å². The summed E-state index contributed by atoms with van der Waals surface area (Å²) in [4.78, 5) is 30.8. The van der Waals surface area contributed by atoms with Crippen LogP contribution >= 0.6 is 27.3 Å². The summed E-state index contributed by atoms with van der Waals surface area (Å²) in [7, 11) is 0. The topological polar surface area (TPSA) is 50.3 Å². The molecule has 0 saturated carbocycles. The quantitative estimate of drug-likeness (QED) is 0.596. The molecule has 1 aromatic heterocycles. The van der Waals surface area contributed by atoms with Crippen LogP contribution in [0.25, 0.3) is 11.3 Å². The van der Waals surface area contributed by atoms with E-state index < -0.39 is 0 Å². The van der Waals surface area contributed by atoms with Crippen LogP contribution in [0.5, 0.6) is 0 Å². The minimum atomic E-state index is -0.223. The molecule has 0 radical (unpaired) electrons. The van der Waals surface area contributed by atoms with Crippen LogP contribution in [0.4, 0.5) is 0 Å². The van der Waals surface area contributed by atoms with Gasteiger partial charge in [0.25, 0.3) is 11.8 Å². The average molecular weight is 413 g/mol. The highest BCUT2D eigenvalue weighted by Gasteiger charge is 2.34. The lowest BCUT2D eigenvalue weighted by Gasteiger charge is -2.12. The van der Waals surface area contributed by atoms with Gasteiger partial charge < -0.3 is 0 Å². The van der Waals surface area contributed by atoms with Crippen LogP contribution in [-0.2, 0) is 6.42 Å². The van der Waals surface area contributed by atoms with Crippen LogP contribution in [0.1, 0.15) is 25.7 Å². The fourth-order valence-corrected chi connectivity index (χ4v) is 4.55. The lowest BCUT2D eigenvalue weighted by molar-refractivity contribution is 0.0656. The van der Waals surface area contributed by atoms with Crippen molar-refractivity contribution in [1.29, 1.82) is 0 Å². The molecule has 0 atom stereocenters. The number of amides is 2. The molecule has 1 aliphatic heterocycles. The zero-order chi connectivity index (χ0) is 17.4. The van der Waals surface area contributed by atoms with Crippen molar-refractivity contribution in [3.8, 4) is 11.3 Å². The molecule has 1 aliphatic rings. The Morgan fingerprint density at radius 3 is 2.16 bits per heavy atom. The Morgan fingerprint density at radius 1 is 0.920 bits per heavy atom. The molecule has 0 bridgehead atoms. The second kappa shape index (κ2) is 6.54. The van der Waals surface area contributed by atoms with Gasteiger partial charge in [-0.15, -0.1) is 11.3 Å². The standard InChI is InChI=1S/C19H13BrN2O2S/c20-17-16(12-6-2-1-3-7-12)21-15(25-17)10-11-22-18(23)13-8-4-5-9-14(13)19(22)24/h1-9H,10-11H2. The zero-order valence-electron chi connectivity index (χ0n) is 13.1. The normalized spacial score (nSPS) is 13.4. The first-order chi connectivity index (χ1) is 12.1. The Morgan fingerprint density at radius 2 is 1.52 bits per heavy atom. The summed E-state index contributed by atoms with van der Waals surface area (Å²) in [6.07, 6.45) is 0.543. The molecule has 3 aromatic rings. The first-order valence-corrected chi connectivity index (χ1v) is 9.42. The summed E-state index contributed by atoms with van der Waals surface area (Å²) in [6, 6.07) is 16.9. The second-order valence-corrected chi connectivity index (χ2v) is 8.05. The van der Waals surface area contributed by atoms with Gasteiger partial charge in [-0.2, -0.15) is 0 Å². The number of carbonyl (C=O) groups excluding carboxylic acids is 2. The Bertz CT molecular complexity index is 934. The van der Waals surface area contributed by atoms with E-state index in [1.165, 1.54) is 16.2 Å². The van der Waals surface area contributed by atoms with Gasteiger partial charge in [0.1, 0.15) is 0 Å². The fraction of sp³-hybridized carbons (Fsp3) is 0.105. The maximum absolute atomic E-state index is 12.4. The number of hydrogen-bond donors (Lipinski definition) is 0. The number of thiazole rings is 1. The smallest absolute Gasteiger partial charge is 0.261 e. The number of aromatic nitrogens is 1. The number of hydrogen-bond acceptors (Lipinski definition) is 4. The second-order valence-electron chi connectivity index (χ2n) is 5.65. The molecule has 0 spiro atoms. The van der Waals surface area contributed by atoms with Crippen molar-refractivity contribution >= 4 is 39.1 Å². The molecule has 0 N–H and O–H groups in total. The van der Waals surface area contributed by atoms with Crippen molar-refractivity contribution < 1.29 is 9.59 Å². The van der Waals surface area contributed by atoms with Gasteiger partial charge in [-0.1, -0.05) is 42.5 Å². The van der Waals surface area contributed by atoms with E-state index in [-0.39, 0.29) is 11.8 Å². The highest BCUT2D eigenvalue weighted by Crippen LogP contribution is 2.33. The molecule has 4 nitrogen and oxygen atoms in total. The number of benzene rings is 2. The lowest BCUT2D eigenvalue weighted by Crippen LogP contribution is -2.31. The predicted molar refractivity (Wildman–Crippen MR) is 101 cm³/mol. The number of nitrogens with zero attached hydrogens (tertiary/aromatic N) is 2. The summed E-state index contributed by atoms with van der Waals surface area (Å²) in [5.41, 5.74) is 2.90. The van der Waals surface area contributed by atoms with Crippen molar-refractivity contribution in [2.24, 2.45) is 0 Å². The van der Waals surface area contributed by atoms with E-state index in [4.69, 9.17) is 0 Å².